The van der Waals surface area contributed by atoms with Crippen LogP contribution in [0.3, 0.4) is 0 Å². The van der Waals surface area contributed by atoms with Crippen LogP contribution < -0.4 is 9.47 Å². The smallest absolute Gasteiger partial charge is 0.231 e. The van der Waals surface area contributed by atoms with E-state index in [1.165, 1.54) is 19.3 Å². The van der Waals surface area contributed by atoms with Crippen molar-refractivity contribution in [1.29, 1.82) is 0 Å². The number of aromatic amines is 1. The molecule has 5 heteroatoms. The second kappa shape index (κ2) is 7.76. The number of carbonyl (C=O) groups is 1. The molecule has 0 bridgehead atoms. The number of H-pyrrole nitrogens is 1. The number of hydrogen-bond donors (Lipinski definition) is 1. The average Bonchev–Trinajstić information content (AvgIpc) is 3.30. The zero-order valence-corrected chi connectivity index (χ0v) is 16.3. The molecule has 0 atom stereocenters. The van der Waals surface area contributed by atoms with Crippen molar-refractivity contribution in [2.75, 3.05) is 26.2 Å². The van der Waals surface area contributed by atoms with Crippen LogP contribution in [0, 0.1) is 0 Å². The first-order valence-corrected chi connectivity index (χ1v) is 10.3. The number of piperidine rings is 1. The summed E-state index contributed by atoms with van der Waals surface area (Å²) in [5.74, 6) is 1.55. The van der Waals surface area contributed by atoms with Crippen molar-refractivity contribution in [3.05, 3.63) is 65.5 Å². The van der Waals surface area contributed by atoms with E-state index in [1.54, 1.807) is 12.1 Å². The first-order chi connectivity index (χ1) is 14.3. The number of rotatable bonds is 5. The van der Waals surface area contributed by atoms with Crippen molar-refractivity contribution < 1.29 is 14.3 Å². The lowest BCUT2D eigenvalue weighted by atomic mass is 10.1. The number of likely N-dealkylation sites (tertiary alicyclic amines) is 1. The van der Waals surface area contributed by atoms with Crippen LogP contribution in [0.2, 0.25) is 0 Å². The second-order valence-corrected chi connectivity index (χ2v) is 7.64. The molecule has 0 radical (unpaired) electrons. The summed E-state index contributed by atoms with van der Waals surface area (Å²) >= 11 is 0. The van der Waals surface area contributed by atoms with E-state index in [0.717, 1.165) is 41.9 Å². The van der Waals surface area contributed by atoms with Gasteiger partial charge in [0.1, 0.15) is 18.1 Å². The van der Waals surface area contributed by atoms with Gasteiger partial charge in [0.25, 0.3) is 0 Å². The standard InChI is InChI=1S/C24H24N2O3/c27-24-20-9-8-18(28-13-12-26-10-4-1-5-11-26)15-22(20)29-23(24)14-17-16-25-21-7-3-2-6-19(17)21/h2-3,6-9,14-16,25H,1,4-5,10-13H2/b23-14-. The highest BCUT2D eigenvalue weighted by molar-refractivity contribution is 6.15. The first kappa shape index (κ1) is 18.0. The third kappa shape index (κ3) is 3.66. The summed E-state index contributed by atoms with van der Waals surface area (Å²) in [6.45, 7) is 3.90. The maximum Gasteiger partial charge on any atom is 0.231 e. The SMILES string of the molecule is O=C1/C(=C/c2c[nH]c3ccccc23)Oc2cc(OCCN3CCCCC3)ccc21. The quantitative estimate of drug-likeness (QED) is 0.647. The van der Waals surface area contributed by atoms with Crippen LogP contribution in [0.25, 0.3) is 17.0 Å². The number of carbonyl (C=O) groups excluding carboxylic acids is 1. The van der Waals surface area contributed by atoms with Gasteiger partial charge in [-0.05, 0) is 50.2 Å². The molecule has 29 heavy (non-hydrogen) atoms. The Morgan fingerprint density at radius 3 is 2.86 bits per heavy atom. The van der Waals surface area contributed by atoms with Gasteiger partial charge in [0.15, 0.2) is 5.76 Å². The molecule has 5 nitrogen and oxygen atoms in total. The van der Waals surface area contributed by atoms with Gasteiger partial charge in [-0.15, -0.1) is 0 Å². The molecule has 1 N–H and O–H groups in total. The predicted octanol–water partition coefficient (Wildman–Crippen LogP) is 4.65. The molecule has 0 saturated carbocycles. The van der Waals surface area contributed by atoms with Crippen LogP contribution >= 0.6 is 0 Å². The lowest BCUT2D eigenvalue weighted by molar-refractivity contribution is 0.101. The van der Waals surface area contributed by atoms with Crippen molar-refractivity contribution >= 4 is 22.8 Å². The molecule has 3 heterocycles. The Bertz CT molecular complexity index is 1080. The van der Waals surface area contributed by atoms with Crippen molar-refractivity contribution in [3.8, 4) is 11.5 Å². The lowest BCUT2D eigenvalue weighted by Gasteiger charge is -2.26. The minimum atomic E-state index is -0.0925. The van der Waals surface area contributed by atoms with E-state index in [9.17, 15) is 4.79 Å². The summed E-state index contributed by atoms with van der Waals surface area (Å²) in [5.41, 5.74) is 2.56. The van der Waals surface area contributed by atoms with Gasteiger partial charge in [0.05, 0.1) is 5.56 Å². The van der Waals surface area contributed by atoms with E-state index < -0.39 is 0 Å². The highest BCUT2D eigenvalue weighted by Crippen LogP contribution is 2.35. The normalized spacial score (nSPS) is 18.2. The van der Waals surface area contributed by atoms with Gasteiger partial charge < -0.3 is 14.5 Å². The summed E-state index contributed by atoms with van der Waals surface area (Å²) in [7, 11) is 0. The molecule has 2 aliphatic heterocycles. The molecule has 5 rings (SSSR count). The third-order valence-corrected chi connectivity index (χ3v) is 5.67. The molecule has 2 aliphatic rings. The molecular formula is C24H24N2O3. The van der Waals surface area contributed by atoms with E-state index in [4.69, 9.17) is 9.47 Å². The van der Waals surface area contributed by atoms with Crippen LogP contribution in [0.1, 0.15) is 35.2 Å². The minimum Gasteiger partial charge on any atom is -0.492 e. The Morgan fingerprint density at radius 1 is 1.10 bits per heavy atom. The topological polar surface area (TPSA) is 54.6 Å². The monoisotopic (exact) mass is 388 g/mol. The molecule has 1 aromatic heterocycles. The lowest BCUT2D eigenvalue weighted by Crippen LogP contribution is -2.33. The number of fused-ring (bicyclic) bond motifs is 2. The van der Waals surface area contributed by atoms with Crippen LogP contribution in [0.15, 0.2) is 54.4 Å². The van der Waals surface area contributed by atoms with Crippen LogP contribution in [-0.2, 0) is 0 Å². The number of para-hydroxylation sites is 1. The largest absolute Gasteiger partial charge is 0.492 e. The Hall–Kier alpha value is -3.05. The molecule has 1 saturated heterocycles. The number of nitrogens with zero attached hydrogens (tertiary/aromatic N) is 1. The number of hydrogen-bond acceptors (Lipinski definition) is 4. The molecule has 0 aliphatic carbocycles. The van der Waals surface area contributed by atoms with Gasteiger partial charge >= 0.3 is 0 Å². The third-order valence-electron chi connectivity index (χ3n) is 5.67. The molecule has 0 unspecified atom stereocenters. The van der Waals surface area contributed by atoms with Gasteiger partial charge in [-0.3, -0.25) is 9.69 Å². The Balaban J connectivity index is 1.29. The molecule has 3 aromatic rings. The van der Waals surface area contributed by atoms with E-state index >= 15 is 0 Å². The Kier molecular flexibility index (Phi) is 4.82. The summed E-state index contributed by atoms with van der Waals surface area (Å²) in [4.78, 5) is 18.4. The van der Waals surface area contributed by atoms with E-state index in [2.05, 4.69) is 9.88 Å². The number of allylic oxidation sites excluding steroid dienone is 1. The fraction of sp³-hybridized carbons (Fsp3) is 0.292. The number of benzene rings is 2. The van der Waals surface area contributed by atoms with E-state index in [1.807, 2.05) is 42.6 Å². The molecule has 0 spiro atoms. The van der Waals surface area contributed by atoms with Crippen LogP contribution in [0.5, 0.6) is 11.5 Å². The minimum absolute atomic E-state index is 0.0925. The summed E-state index contributed by atoms with van der Waals surface area (Å²) in [5, 5.41) is 1.06. The molecule has 1 fully saturated rings. The van der Waals surface area contributed by atoms with Crippen LogP contribution in [0.4, 0.5) is 0 Å². The fourth-order valence-corrected chi connectivity index (χ4v) is 4.09. The van der Waals surface area contributed by atoms with Crippen molar-refractivity contribution in [1.82, 2.24) is 9.88 Å². The van der Waals surface area contributed by atoms with Crippen molar-refractivity contribution in [2.24, 2.45) is 0 Å². The fourth-order valence-electron chi connectivity index (χ4n) is 4.09. The number of ketones is 1. The Morgan fingerprint density at radius 2 is 1.97 bits per heavy atom. The molecule has 2 aromatic carbocycles. The summed E-state index contributed by atoms with van der Waals surface area (Å²) in [6, 6.07) is 13.5. The van der Waals surface area contributed by atoms with Crippen LogP contribution in [-0.4, -0.2) is 41.9 Å². The van der Waals surface area contributed by atoms with E-state index in [-0.39, 0.29) is 5.78 Å². The van der Waals surface area contributed by atoms with Crippen molar-refractivity contribution in [3.63, 3.8) is 0 Å². The molecular weight excluding hydrogens is 364 g/mol. The summed E-state index contributed by atoms with van der Waals surface area (Å²) in [6.07, 6.45) is 7.59. The number of ether oxygens (including phenoxy) is 2. The van der Waals surface area contributed by atoms with Crippen molar-refractivity contribution in [2.45, 2.75) is 19.3 Å². The average molecular weight is 388 g/mol. The van der Waals surface area contributed by atoms with Gasteiger partial charge in [-0.2, -0.15) is 0 Å². The highest BCUT2D eigenvalue weighted by Gasteiger charge is 2.28. The zero-order valence-electron chi connectivity index (χ0n) is 16.3. The maximum atomic E-state index is 12.7. The molecule has 148 valence electrons. The first-order valence-electron chi connectivity index (χ1n) is 10.3. The van der Waals surface area contributed by atoms with Gasteiger partial charge in [-0.25, -0.2) is 0 Å². The van der Waals surface area contributed by atoms with Gasteiger partial charge in [-0.1, -0.05) is 24.6 Å². The van der Waals surface area contributed by atoms with Gasteiger partial charge in [0, 0.05) is 35.3 Å². The predicted molar refractivity (Wildman–Crippen MR) is 113 cm³/mol. The Labute approximate surface area is 169 Å². The zero-order chi connectivity index (χ0) is 19.6. The number of Topliss-reactive ketones (excluding diaryl/α,β-unsaturated/α-hetero) is 1. The highest BCUT2D eigenvalue weighted by atomic mass is 16.5. The number of nitrogens with one attached hydrogen (secondary N) is 1. The second-order valence-electron chi connectivity index (χ2n) is 7.64. The summed E-state index contributed by atoms with van der Waals surface area (Å²) < 4.78 is 11.8. The van der Waals surface area contributed by atoms with Gasteiger partial charge in [0.2, 0.25) is 5.78 Å². The molecule has 0 amide bonds. The van der Waals surface area contributed by atoms with E-state index in [0.29, 0.717) is 23.7 Å². The maximum absolute atomic E-state index is 12.7. The number of aromatic nitrogens is 1.